The molecule has 0 saturated heterocycles. The summed E-state index contributed by atoms with van der Waals surface area (Å²) < 4.78 is 0. The highest BCUT2D eigenvalue weighted by molar-refractivity contribution is 5.98. The summed E-state index contributed by atoms with van der Waals surface area (Å²) in [5, 5.41) is 9.33. The lowest BCUT2D eigenvalue weighted by molar-refractivity contribution is -0.127. The van der Waals surface area contributed by atoms with Gasteiger partial charge in [-0.3, -0.25) is 4.79 Å². The van der Waals surface area contributed by atoms with Gasteiger partial charge in [-0.05, 0) is 30.4 Å². The minimum atomic E-state index is -0.0623. The number of para-hydroxylation sites is 2. The Morgan fingerprint density at radius 3 is 2.71 bits per heavy atom. The van der Waals surface area contributed by atoms with Gasteiger partial charge in [-0.15, -0.1) is 0 Å². The van der Waals surface area contributed by atoms with Crippen LogP contribution < -0.4 is 10.6 Å². The Kier molecular flexibility index (Phi) is 4.88. The van der Waals surface area contributed by atoms with Crippen molar-refractivity contribution < 1.29 is 9.90 Å². The van der Waals surface area contributed by atoms with Gasteiger partial charge >= 0.3 is 0 Å². The SMILES string of the molecule is CC1(C)CCCCC1C(=O)N(CCO)c1ccccc1N. The van der Waals surface area contributed by atoms with Crippen LogP contribution in [0.5, 0.6) is 0 Å². The zero-order valence-electron chi connectivity index (χ0n) is 13.0. The number of anilines is 2. The normalized spacial score (nSPS) is 21.0. The van der Waals surface area contributed by atoms with E-state index in [-0.39, 0.29) is 23.8 Å². The Bertz CT molecular complexity index is 499. The minimum Gasteiger partial charge on any atom is -0.397 e. The van der Waals surface area contributed by atoms with Crippen LogP contribution in [0.15, 0.2) is 24.3 Å². The van der Waals surface area contributed by atoms with E-state index in [0.717, 1.165) is 19.3 Å². The number of benzene rings is 1. The third-order valence-corrected chi connectivity index (χ3v) is 4.62. The first kappa shape index (κ1) is 15.8. The van der Waals surface area contributed by atoms with Gasteiger partial charge in [0.05, 0.1) is 18.0 Å². The fourth-order valence-electron chi connectivity index (χ4n) is 3.32. The molecule has 1 unspecified atom stereocenters. The molecule has 1 aromatic rings. The molecule has 1 fully saturated rings. The van der Waals surface area contributed by atoms with E-state index in [9.17, 15) is 9.90 Å². The molecule has 21 heavy (non-hydrogen) atoms. The van der Waals surface area contributed by atoms with E-state index in [1.807, 2.05) is 18.2 Å². The molecule has 1 atom stereocenters. The molecule has 116 valence electrons. The fourth-order valence-corrected chi connectivity index (χ4v) is 3.32. The number of hydrogen-bond donors (Lipinski definition) is 2. The molecule has 3 N–H and O–H groups in total. The first-order valence-electron chi connectivity index (χ1n) is 7.74. The number of aliphatic hydroxyl groups is 1. The summed E-state index contributed by atoms with van der Waals surface area (Å²) in [6, 6.07) is 7.36. The van der Waals surface area contributed by atoms with Gasteiger partial charge in [0.25, 0.3) is 0 Å². The molecule has 2 rings (SSSR count). The molecular weight excluding hydrogens is 264 g/mol. The van der Waals surface area contributed by atoms with E-state index in [2.05, 4.69) is 13.8 Å². The highest BCUT2D eigenvalue weighted by atomic mass is 16.3. The maximum atomic E-state index is 13.0. The van der Waals surface area contributed by atoms with Crippen LogP contribution in [0, 0.1) is 11.3 Å². The van der Waals surface area contributed by atoms with Gasteiger partial charge in [-0.1, -0.05) is 38.8 Å². The molecule has 0 bridgehead atoms. The van der Waals surface area contributed by atoms with Crippen molar-refractivity contribution in [3.05, 3.63) is 24.3 Å². The van der Waals surface area contributed by atoms with Crippen molar-refractivity contribution in [3.8, 4) is 0 Å². The molecule has 0 spiro atoms. The van der Waals surface area contributed by atoms with Crippen LogP contribution in [0.25, 0.3) is 0 Å². The highest BCUT2D eigenvalue weighted by Gasteiger charge is 2.39. The van der Waals surface area contributed by atoms with E-state index >= 15 is 0 Å². The number of hydrogen-bond acceptors (Lipinski definition) is 3. The van der Waals surface area contributed by atoms with Crippen molar-refractivity contribution in [2.45, 2.75) is 39.5 Å². The second-order valence-electron chi connectivity index (χ2n) is 6.56. The topological polar surface area (TPSA) is 66.6 Å². The van der Waals surface area contributed by atoms with Gasteiger partial charge in [-0.25, -0.2) is 0 Å². The van der Waals surface area contributed by atoms with E-state index in [1.165, 1.54) is 6.42 Å². The zero-order chi connectivity index (χ0) is 15.5. The van der Waals surface area contributed by atoms with Gasteiger partial charge in [0.15, 0.2) is 0 Å². The maximum absolute atomic E-state index is 13.0. The lowest BCUT2D eigenvalue weighted by Gasteiger charge is -2.40. The van der Waals surface area contributed by atoms with Crippen LogP contribution in [-0.2, 0) is 4.79 Å². The van der Waals surface area contributed by atoms with E-state index in [4.69, 9.17) is 5.73 Å². The Morgan fingerprint density at radius 2 is 2.10 bits per heavy atom. The maximum Gasteiger partial charge on any atom is 0.230 e. The molecule has 4 nitrogen and oxygen atoms in total. The van der Waals surface area contributed by atoms with Crippen molar-refractivity contribution >= 4 is 17.3 Å². The van der Waals surface area contributed by atoms with Crippen LogP contribution in [0.4, 0.5) is 11.4 Å². The predicted molar refractivity (Wildman–Crippen MR) is 86.0 cm³/mol. The highest BCUT2D eigenvalue weighted by Crippen LogP contribution is 2.42. The number of carbonyl (C=O) groups excluding carboxylic acids is 1. The number of carbonyl (C=O) groups is 1. The fraction of sp³-hybridized carbons (Fsp3) is 0.588. The smallest absolute Gasteiger partial charge is 0.230 e. The quantitative estimate of drug-likeness (QED) is 0.838. The van der Waals surface area contributed by atoms with Gasteiger partial charge in [-0.2, -0.15) is 0 Å². The van der Waals surface area contributed by atoms with Gasteiger partial charge in [0, 0.05) is 12.5 Å². The van der Waals surface area contributed by atoms with Gasteiger partial charge in [0.2, 0.25) is 5.91 Å². The number of aliphatic hydroxyl groups excluding tert-OH is 1. The van der Waals surface area contributed by atoms with Crippen molar-refractivity contribution in [2.24, 2.45) is 11.3 Å². The molecule has 1 aliphatic rings. The molecule has 0 radical (unpaired) electrons. The summed E-state index contributed by atoms with van der Waals surface area (Å²) in [5.41, 5.74) is 7.30. The number of nitrogen functional groups attached to an aromatic ring is 1. The summed E-state index contributed by atoms with van der Waals surface area (Å²) in [4.78, 5) is 14.7. The van der Waals surface area contributed by atoms with Gasteiger partial charge < -0.3 is 15.7 Å². The van der Waals surface area contributed by atoms with Crippen molar-refractivity contribution in [1.29, 1.82) is 0 Å². The minimum absolute atomic E-state index is 0.00240. The number of rotatable bonds is 4. The third kappa shape index (κ3) is 3.38. The Hall–Kier alpha value is -1.55. The lowest BCUT2D eigenvalue weighted by Crippen LogP contribution is -2.45. The summed E-state index contributed by atoms with van der Waals surface area (Å²) >= 11 is 0. The Labute approximate surface area is 126 Å². The second kappa shape index (κ2) is 6.48. The monoisotopic (exact) mass is 290 g/mol. The summed E-state index contributed by atoms with van der Waals surface area (Å²) in [6.07, 6.45) is 4.27. The molecule has 0 aromatic heterocycles. The lowest BCUT2D eigenvalue weighted by atomic mass is 9.68. The Morgan fingerprint density at radius 1 is 1.38 bits per heavy atom. The first-order chi connectivity index (χ1) is 9.97. The molecule has 1 aromatic carbocycles. The summed E-state index contributed by atoms with van der Waals surface area (Å²) in [7, 11) is 0. The van der Waals surface area contributed by atoms with Crippen LogP contribution in [0.2, 0.25) is 0 Å². The van der Waals surface area contributed by atoms with E-state index < -0.39 is 0 Å². The molecule has 0 heterocycles. The van der Waals surface area contributed by atoms with Crippen molar-refractivity contribution in [3.63, 3.8) is 0 Å². The standard InChI is InChI=1S/C17H26N2O2/c1-17(2)10-6-5-7-13(17)16(21)19(11-12-20)15-9-4-3-8-14(15)18/h3-4,8-9,13,20H,5-7,10-12,18H2,1-2H3. The van der Waals surface area contributed by atoms with Crippen molar-refractivity contribution in [2.75, 3.05) is 23.8 Å². The largest absolute Gasteiger partial charge is 0.397 e. The molecule has 1 saturated carbocycles. The molecule has 1 aliphatic carbocycles. The van der Waals surface area contributed by atoms with Crippen LogP contribution in [0.3, 0.4) is 0 Å². The zero-order valence-corrected chi connectivity index (χ0v) is 13.0. The molecule has 0 aliphatic heterocycles. The van der Waals surface area contributed by atoms with Crippen LogP contribution in [0.1, 0.15) is 39.5 Å². The molecular formula is C17H26N2O2. The molecule has 1 amide bonds. The average Bonchev–Trinajstić information content (AvgIpc) is 2.45. The Balaban J connectivity index is 2.29. The summed E-state index contributed by atoms with van der Waals surface area (Å²) in [5.74, 6) is 0.0871. The van der Waals surface area contributed by atoms with Crippen LogP contribution >= 0.6 is 0 Å². The van der Waals surface area contributed by atoms with Crippen molar-refractivity contribution in [1.82, 2.24) is 0 Å². The van der Waals surface area contributed by atoms with Gasteiger partial charge in [0.1, 0.15) is 0 Å². The molecule has 4 heteroatoms. The second-order valence-corrected chi connectivity index (χ2v) is 6.56. The number of amides is 1. The number of nitrogens with two attached hydrogens (primary N) is 1. The third-order valence-electron chi connectivity index (χ3n) is 4.62. The average molecular weight is 290 g/mol. The van der Waals surface area contributed by atoms with Crippen LogP contribution in [-0.4, -0.2) is 24.2 Å². The summed E-state index contributed by atoms with van der Waals surface area (Å²) in [6.45, 7) is 4.56. The first-order valence-corrected chi connectivity index (χ1v) is 7.74. The van der Waals surface area contributed by atoms with E-state index in [1.54, 1.807) is 11.0 Å². The van der Waals surface area contributed by atoms with E-state index in [0.29, 0.717) is 17.9 Å². The predicted octanol–water partition coefficient (Wildman–Crippen LogP) is 2.81. The number of nitrogens with zero attached hydrogens (tertiary/aromatic N) is 1.